The smallest absolute Gasteiger partial charge is 0.317 e. The van der Waals surface area contributed by atoms with Crippen molar-refractivity contribution in [2.75, 3.05) is 24.7 Å². The highest BCUT2D eigenvalue weighted by molar-refractivity contribution is 7.91. The molecule has 160 valence electrons. The summed E-state index contributed by atoms with van der Waals surface area (Å²) in [5.74, 6) is -0.619. The molecule has 1 atom stereocenters. The maximum absolute atomic E-state index is 12.9. The maximum Gasteiger partial charge on any atom is 0.317 e. The van der Waals surface area contributed by atoms with E-state index in [1.54, 1.807) is 17.0 Å². The maximum atomic E-state index is 12.9. The van der Waals surface area contributed by atoms with Gasteiger partial charge in [0.1, 0.15) is 0 Å². The number of hydrogen-bond donors (Lipinski definition) is 0. The van der Waals surface area contributed by atoms with E-state index in [1.807, 2.05) is 19.1 Å². The van der Waals surface area contributed by atoms with Gasteiger partial charge in [-0.1, -0.05) is 43.5 Å². The lowest BCUT2D eigenvalue weighted by atomic mass is 9.64. The van der Waals surface area contributed by atoms with Crippen LogP contribution in [0.3, 0.4) is 0 Å². The highest BCUT2D eigenvalue weighted by atomic mass is 35.5. The van der Waals surface area contributed by atoms with Gasteiger partial charge in [-0.15, -0.1) is 0 Å². The molecule has 0 radical (unpaired) electrons. The Morgan fingerprint density at radius 3 is 2.45 bits per heavy atom. The second-order valence-electron chi connectivity index (χ2n) is 8.02. The van der Waals surface area contributed by atoms with E-state index < -0.39 is 21.2 Å². The molecule has 0 bridgehead atoms. The highest BCUT2D eigenvalue weighted by Crippen LogP contribution is 2.45. The van der Waals surface area contributed by atoms with Crippen LogP contribution in [0.2, 0.25) is 5.02 Å². The first-order chi connectivity index (χ1) is 13.8. The average molecular weight is 442 g/mol. The van der Waals surface area contributed by atoms with Gasteiger partial charge in [-0.05, 0) is 43.4 Å². The normalized spacial score (nSPS) is 21.9. The lowest BCUT2D eigenvalue weighted by Gasteiger charge is -2.39. The van der Waals surface area contributed by atoms with Crippen molar-refractivity contribution in [3.63, 3.8) is 0 Å². The molecule has 1 heterocycles. The van der Waals surface area contributed by atoms with E-state index in [9.17, 15) is 18.0 Å². The Balaban J connectivity index is 1.65. The molecular formula is C21H28ClNO5S. The third kappa shape index (κ3) is 4.94. The largest absolute Gasteiger partial charge is 0.455 e. The number of amides is 1. The third-order valence-electron chi connectivity index (χ3n) is 6.04. The number of unbranched alkanes of at least 4 members (excludes halogenated alkanes) is 1. The van der Waals surface area contributed by atoms with Gasteiger partial charge >= 0.3 is 5.97 Å². The van der Waals surface area contributed by atoms with Crippen molar-refractivity contribution in [3.8, 4) is 0 Å². The summed E-state index contributed by atoms with van der Waals surface area (Å²) in [6, 6.07) is 6.85. The first-order valence-electron chi connectivity index (χ1n) is 10.2. The zero-order valence-corrected chi connectivity index (χ0v) is 18.3. The standard InChI is InChI=1S/C21H28ClNO5S/c1-2-3-12-23(18-9-13-29(26,27)15-18)19(24)14-28-20(25)21(10-4-11-21)16-5-7-17(22)8-6-16/h5-8,18H,2-4,9-15H2,1H3. The predicted molar refractivity (Wildman–Crippen MR) is 112 cm³/mol. The van der Waals surface area contributed by atoms with Crippen LogP contribution in [0.1, 0.15) is 51.0 Å². The quantitative estimate of drug-likeness (QED) is 0.579. The summed E-state index contributed by atoms with van der Waals surface area (Å²) in [6.07, 6.45) is 4.41. The number of sulfone groups is 1. The van der Waals surface area contributed by atoms with E-state index in [-0.39, 0.29) is 30.1 Å². The minimum absolute atomic E-state index is 0.00882. The Hall–Kier alpha value is -1.60. The lowest BCUT2D eigenvalue weighted by Crippen LogP contribution is -2.47. The molecule has 1 aliphatic heterocycles. The van der Waals surface area contributed by atoms with E-state index >= 15 is 0 Å². The monoisotopic (exact) mass is 441 g/mol. The average Bonchev–Trinajstić information content (AvgIpc) is 3.00. The summed E-state index contributed by atoms with van der Waals surface area (Å²) in [7, 11) is -3.10. The number of carbonyl (C=O) groups excluding carboxylic acids is 2. The van der Waals surface area contributed by atoms with Gasteiger partial charge < -0.3 is 9.64 Å². The van der Waals surface area contributed by atoms with Crippen molar-refractivity contribution < 1.29 is 22.7 Å². The van der Waals surface area contributed by atoms with Crippen LogP contribution >= 0.6 is 11.6 Å². The fraction of sp³-hybridized carbons (Fsp3) is 0.619. The van der Waals surface area contributed by atoms with E-state index in [0.717, 1.165) is 24.8 Å². The van der Waals surface area contributed by atoms with Crippen LogP contribution in [0.15, 0.2) is 24.3 Å². The van der Waals surface area contributed by atoms with Crippen molar-refractivity contribution in [1.82, 2.24) is 4.90 Å². The number of carbonyl (C=O) groups is 2. The van der Waals surface area contributed by atoms with E-state index in [4.69, 9.17) is 16.3 Å². The Morgan fingerprint density at radius 1 is 1.24 bits per heavy atom. The lowest BCUT2D eigenvalue weighted by molar-refractivity contribution is -0.160. The van der Waals surface area contributed by atoms with Gasteiger partial charge in [-0.3, -0.25) is 9.59 Å². The zero-order chi connectivity index (χ0) is 21.1. The van der Waals surface area contributed by atoms with Crippen molar-refractivity contribution in [3.05, 3.63) is 34.9 Å². The number of halogens is 1. The summed E-state index contributed by atoms with van der Waals surface area (Å²) in [6.45, 7) is 2.14. The van der Waals surface area contributed by atoms with Crippen molar-refractivity contribution in [2.24, 2.45) is 0 Å². The number of esters is 1. The van der Waals surface area contributed by atoms with Gasteiger partial charge in [0.15, 0.2) is 16.4 Å². The second-order valence-corrected chi connectivity index (χ2v) is 10.7. The van der Waals surface area contributed by atoms with Crippen LogP contribution in [0.4, 0.5) is 0 Å². The van der Waals surface area contributed by atoms with Gasteiger partial charge in [0, 0.05) is 17.6 Å². The molecule has 3 rings (SSSR count). The fourth-order valence-corrected chi connectivity index (χ4v) is 5.98. The van der Waals surface area contributed by atoms with Crippen LogP contribution in [-0.2, 0) is 29.6 Å². The molecule has 0 N–H and O–H groups in total. The fourth-order valence-electron chi connectivity index (χ4n) is 4.12. The van der Waals surface area contributed by atoms with E-state index in [1.165, 1.54) is 0 Å². The first kappa shape index (κ1) is 22.1. The molecule has 1 aliphatic carbocycles. The van der Waals surface area contributed by atoms with Gasteiger partial charge in [-0.2, -0.15) is 0 Å². The number of ether oxygens (including phenoxy) is 1. The minimum atomic E-state index is -3.10. The van der Waals surface area contributed by atoms with Crippen molar-refractivity contribution in [2.45, 2.75) is 56.9 Å². The first-order valence-corrected chi connectivity index (χ1v) is 12.4. The molecule has 1 amide bonds. The summed E-state index contributed by atoms with van der Waals surface area (Å²) in [5.41, 5.74) is 0.144. The molecule has 0 spiro atoms. The van der Waals surface area contributed by atoms with Crippen LogP contribution in [-0.4, -0.2) is 55.9 Å². The zero-order valence-electron chi connectivity index (χ0n) is 16.7. The Morgan fingerprint density at radius 2 is 1.93 bits per heavy atom. The molecule has 29 heavy (non-hydrogen) atoms. The van der Waals surface area contributed by atoms with Gasteiger partial charge in [0.25, 0.3) is 5.91 Å². The molecule has 2 aliphatic rings. The van der Waals surface area contributed by atoms with Crippen LogP contribution in [0.25, 0.3) is 0 Å². The van der Waals surface area contributed by atoms with E-state index in [0.29, 0.717) is 30.8 Å². The number of nitrogens with zero attached hydrogens (tertiary/aromatic N) is 1. The van der Waals surface area contributed by atoms with Gasteiger partial charge in [0.05, 0.1) is 16.9 Å². The predicted octanol–water partition coefficient (Wildman–Crippen LogP) is 3.12. The Kier molecular flexibility index (Phi) is 6.89. The molecule has 1 unspecified atom stereocenters. The summed E-state index contributed by atoms with van der Waals surface area (Å²) in [5, 5.41) is 0.602. The molecular weight excluding hydrogens is 414 g/mol. The number of hydrogen-bond acceptors (Lipinski definition) is 5. The molecule has 1 saturated carbocycles. The second kappa shape index (κ2) is 9.04. The Labute approximate surface area is 177 Å². The van der Waals surface area contributed by atoms with Crippen LogP contribution < -0.4 is 0 Å². The minimum Gasteiger partial charge on any atom is -0.455 e. The molecule has 1 aromatic rings. The third-order valence-corrected chi connectivity index (χ3v) is 8.05. The molecule has 1 saturated heterocycles. The van der Waals surface area contributed by atoms with Crippen molar-refractivity contribution >= 4 is 33.3 Å². The van der Waals surface area contributed by atoms with E-state index in [2.05, 4.69) is 0 Å². The summed E-state index contributed by atoms with van der Waals surface area (Å²) >= 11 is 5.95. The SMILES string of the molecule is CCCCN(C(=O)COC(=O)C1(c2ccc(Cl)cc2)CCC1)C1CCS(=O)(=O)C1. The molecule has 2 fully saturated rings. The number of rotatable bonds is 8. The summed E-state index contributed by atoms with van der Waals surface area (Å²) < 4.78 is 29.1. The highest BCUT2D eigenvalue weighted by Gasteiger charge is 2.47. The van der Waals surface area contributed by atoms with Crippen molar-refractivity contribution in [1.29, 1.82) is 0 Å². The topological polar surface area (TPSA) is 80.8 Å². The molecule has 1 aromatic carbocycles. The number of benzene rings is 1. The van der Waals surface area contributed by atoms with Crippen LogP contribution in [0.5, 0.6) is 0 Å². The van der Waals surface area contributed by atoms with Gasteiger partial charge in [0.2, 0.25) is 0 Å². The molecule has 8 heteroatoms. The molecule has 0 aromatic heterocycles. The molecule has 6 nitrogen and oxygen atoms in total. The Bertz CT molecular complexity index is 848. The van der Waals surface area contributed by atoms with Crippen LogP contribution in [0, 0.1) is 0 Å². The summed E-state index contributed by atoms with van der Waals surface area (Å²) in [4.78, 5) is 27.3. The van der Waals surface area contributed by atoms with Gasteiger partial charge in [-0.25, -0.2) is 8.42 Å².